The fourth-order valence-corrected chi connectivity index (χ4v) is 1.40. The van der Waals surface area contributed by atoms with Gasteiger partial charge in [0.1, 0.15) is 5.76 Å². The Morgan fingerprint density at radius 1 is 1.90 bits per heavy atom. The Bertz CT molecular complexity index is 180. The Labute approximate surface area is 68.4 Å². The first-order valence-corrected chi connectivity index (χ1v) is 4.48. The average molecular weight is 177 g/mol. The number of amides is 1. The van der Waals surface area contributed by atoms with Gasteiger partial charge in [-0.15, -0.1) is 0 Å². The summed E-state index contributed by atoms with van der Waals surface area (Å²) in [5.41, 5.74) is 0. The van der Waals surface area contributed by atoms with Gasteiger partial charge in [0.15, 0.2) is 0 Å². The molecule has 1 rings (SSSR count). The summed E-state index contributed by atoms with van der Waals surface area (Å²) in [6, 6.07) is 0. The second-order valence-electron chi connectivity index (χ2n) is 1.77. The molecule has 0 aromatic carbocycles. The first kappa shape index (κ1) is 7.81. The van der Waals surface area contributed by atoms with Crippen LogP contribution in [-0.2, 0) is 9.53 Å². The average Bonchev–Trinajstić information content (AvgIpc) is 2.30. The quantitative estimate of drug-likeness (QED) is 0.385. The van der Waals surface area contributed by atoms with E-state index >= 15 is 0 Å². The number of hydrogen-bond acceptors (Lipinski definition) is 4. The fraction of sp³-hybridized carbons (Fsp3) is 0.400. The molecule has 1 heterocycles. The molecule has 0 spiro atoms. The molecule has 56 valence electrons. The van der Waals surface area contributed by atoms with Gasteiger partial charge >= 0.3 is 0 Å². The Balaban J connectivity index is 2.57. The second kappa shape index (κ2) is 3.21. The van der Waals surface area contributed by atoms with E-state index in [1.807, 2.05) is 0 Å². The van der Waals surface area contributed by atoms with Crippen molar-refractivity contribution in [3.8, 4) is 0 Å². The van der Waals surface area contributed by atoms with Crippen molar-refractivity contribution in [2.45, 2.75) is 0 Å². The lowest BCUT2D eigenvalue weighted by molar-refractivity contribution is -0.120. The zero-order chi connectivity index (χ0) is 7.56. The Morgan fingerprint density at radius 2 is 2.60 bits per heavy atom. The summed E-state index contributed by atoms with van der Waals surface area (Å²) >= 11 is 3.89. The molecule has 0 atom stereocenters. The number of rotatable bonds is 2. The molecule has 0 N–H and O–H groups in total. The maximum absolute atomic E-state index is 10.9. The second-order valence-corrected chi connectivity index (χ2v) is 2.87. The zero-order valence-electron chi connectivity index (χ0n) is 5.40. The maximum Gasteiger partial charge on any atom is 0.260 e. The summed E-state index contributed by atoms with van der Waals surface area (Å²) in [4.78, 5) is 10.9. The molecule has 0 aliphatic carbocycles. The summed E-state index contributed by atoms with van der Waals surface area (Å²) in [5, 5.41) is 0. The van der Waals surface area contributed by atoms with Crippen molar-refractivity contribution in [2.75, 3.05) is 13.7 Å². The summed E-state index contributed by atoms with van der Waals surface area (Å²) in [6.07, 6.45) is 1.46. The van der Waals surface area contributed by atoms with Crippen LogP contribution in [0.2, 0.25) is 0 Å². The summed E-state index contributed by atoms with van der Waals surface area (Å²) < 4.78 is 6.37. The molecule has 3 nitrogen and oxygen atoms in total. The molecule has 1 aliphatic heterocycles. The number of hydrogen-bond donors (Lipinski definition) is 1. The van der Waals surface area contributed by atoms with Crippen molar-refractivity contribution in [2.24, 2.45) is 0 Å². The van der Waals surface area contributed by atoms with E-state index in [-0.39, 0.29) is 5.91 Å². The highest BCUT2D eigenvalue weighted by Crippen LogP contribution is 2.21. The lowest BCUT2D eigenvalue weighted by Gasteiger charge is -2.09. The SMILES string of the molecule is COC1=CC(=O)N(SS)C1. The van der Waals surface area contributed by atoms with Crippen molar-refractivity contribution in [3.05, 3.63) is 11.8 Å². The molecule has 1 amide bonds. The van der Waals surface area contributed by atoms with Crippen LogP contribution in [0, 0.1) is 0 Å². The predicted octanol–water partition coefficient (Wildman–Crippen LogP) is 0.852. The van der Waals surface area contributed by atoms with Crippen LogP contribution in [0.5, 0.6) is 0 Å². The lowest BCUT2D eigenvalue weighted by atomic mass is 10.5. The Kier molecular flexibility index (Phi) is 2.50. The fourth-order valence-electron chi connectivity index (χ4n) is 0.667. The lowest BCUT2D eigenvalue weighted by Crippen LogP contribution is -2.15. The van der Waals surface area contributed by atoms with Crippen LogP contribution < -0.4 is 0 Å². The highest BCUT2D eigenvalue weighted by Gasteiger charge is 2.21. The van der Waals surface area contributed by atoms with Gasteiger partial charge in [-0.1, -0.05) is 11.7 Å². The van der Waals surface area contributed by atoms with Crippen LogP contribution >= 0.6 is 22.6 Å². The van der Waals surface area contributed by atoms with Crippen molar-refractivity contribution in [3.63, 3.8) is 0 Å². The first-order chi connectivity index (χ1) is 4.77. The van der Waals surface area contributed by atoms with Crippen LogP contribution in [0.3, 0.4) is 0 Å². The number of ether oxygens (including phenoxy) is 1. The molecule has 0 aromatic heterocycles. The number of nitrogens with zero attached hydrogens (tertiary/aromatic N) is 1. The van der Waals surface area contributed by atoms with Crippen LogP contribution in [0.15, 0.2) is 11.8 Å². The van der Waals surface area contributed by atoms with Crippen LogP contribution in [0.4, 0.5) is 0 Å². The molecule has 0 bridgehead atoms. The minimum atomic E-state index is -0.0585. The molecule has 10 heavy (non-hydrogen) atoms. The van der Waals surface area contributed by atoms with Gasteiger partial charge in [-0.05, 0) is 0 Å². The number of methoxy groups -OCH3 is 1. The summed E-state index contributed by atoms with van der Waals surface area (Å²) in [7, 11) is 2.65. The van der Waals surface area contributed by atoms with E-state index in [2.05, 4.69) is 11.7 Å². The Hall–Kier alpha value is -0.290. The molecule has 1 aliphatic rings. The summed E-state index contributed by atoms with van der Waals surface area (Å²) in [5.74, 6) is 0.628. The molecular weight excluding hydrogens is 170 g/mol. The number of carbonyl (C=O) groups is 1. The summed E-state index contributed by atoms with van der Waals surface area (Å²) in [6.45, 7) is 0.517. The van der Waals surface area contributed by atoms with Crippen LogP contribution in [0.25, 0.3) is 0 Å². The van der Waals surface area contributed by atoms with Gasteiger partial charge in [-0.2, -0.15) is 0 Å². The van der Waals surface area contributed by atoms with Gasteiger partial charge < -0.3 is 4.74 Å². The van der Waals surface area contributed by atoms with E-state index in [0.29, 0.717) is 12.3 Å². The topological polar surface area (TPSA) is 29.5 Å². The third-order valence-electron chi connectivity index (χ3n) is 1.19. The largest absolute Gasteiger partial charge is 0.499 e. The molecule has 0 fully saturated rings. The van der Waals surface area contributed by atoms with Crippen LogP contribution in [-0.4, -0.2) is 23.9 Å². The van der Waals surface area contributed by atoms with Gasteiger partial charge in [-0.3, -0.25) is 9.10 Å². The van der Waals surface area contributed by atoms with Crippen LogP contribution in [0.1, 0.15) is 0 Å². The van der Waals surface area contributed by atoms with E-state index in [4.69, 9.17) is 4.74 Å². The third kappa shape index (κ3) is 1.41. The van der Waals surface area contributed by atoms with E-state index in [0.717, 1.165) is 11.0 Å². The standard InChI is InChI=1S/C5H7NO2S2/c1-8-4-2-5(7)6(3-4)10-9/h2,9H,3H2,1H3. The van der Waals surface area contributed by atoms with E-state index in [1.54, 1.807) is 7.11 Å². The van der Waals surface area contributed by atoms with E-state index in [1.165, 1.54) is 10.4 Å². The number of carbonyl (C=O) groups excluding carboxylic acids is 1. The Morgan fingerprint density at radius 3 is 2.90 bits per heavy atom. The highest BCUT2D eigenvalue weighted by atomic mass is 33.1. The van der Waals surface area contributed by atoms with Crippen molar-refractivity contribution in [1.29, 1.82) is 0 Å². The van der Waals surface area contributed by atoms with Gasteiger partial charge in [0.05, 0.1) is 13.7 Å². The van der Waals surface area contributed by atoms with Gasteiger partial charge in [0, 0.05) is 17.1 Å². The van der Waals surface area contributed by atoms with E-state index in [9.17, 15) is 4.79 Å². The van der Waals surface area contributed by atoms with Gasteiger partial charge in [0.25, 0.3) is 5.91 Å². The third-order valence-corrected chi connectivity index (χ3v) is 2.29. The molecule has 0 saturated carbocycles. The predicted molar refractivity (Wildman–Crippen MR) is 43.4 cm³/mol. The van der Waals surface area contributed by atoms with Crippen molar-refractivity contribution < 1.29 is 9.53 Å². The zero-order valence-corrected chi connectivity index (χ0v) is 7.11. The highest BCUT2D eigenvalue weighted by molar-refractivity contribution is 8.67. The number of thiol groups is 1. The van der Waals surface area contributed by atoms with Gasteiger partial charge in [0.2, 0.25) is 0 Å². The van der Waals surface area contributed by atoms with Gasteiger partial charge in [-0.25, -0.2) is 0 Å². The monoisotopic (exact) mass is 177 g/mol. The molecular formula is C5H7NO2S2. The normalized spacial score (nSPS) is 17.6. The molecule has 0 radical (unpaired) electrons. The molecule has 0 aromatic rings. The minimum absolute atomic E-state index is 0.0585. The van der Waals surface area contributed by atoms with E-state index < -0.39 is 0 Å². The smallest absolute Gasteiger partial charge is 0.260 e. The van der Waals surface area contributed by atoms with Crippen molar-refractivity contribution >= 4 is 28.5 Å². The minimum Gasteiger partial charge on any atom is -0.499 e. The maximum atomic E-state index is 10.9. The molecule has 0 unspecified atom stereocenters. The first-order valence-electron chi connectivity index (χ1n) is 2.65. The molecule has 5 heteroatoms. The molecule has 0 saturated heterocycles. The van der Waals surface area contributed by atoms with Crippen molar-refractivity contribution in [1.82, 2.24) is 4.31 Å².